The van der Waals surface area contributed by atoms with E-state index in [1.807, 2.05) is 12.1 Å². The third kappa shape index (κ3) is 3.76. The summed E-state index contributed by atoms with van der Waals surface area (Å²) in [6, 6.07) is 20.2. The monoisotopic (exact) mass is 446 g/mol. The predicted molar refractivity (Wildman–Crippen MR) is 131 cm³/mol. The number of aryl methyl sites for hydroxylation is 4. The lowest BCUT2D eigenvalue weighted by Gasteiger charge is -2.41. The van der Waals surface area contributed by atoms with E-state index in [9.17, 15) is 8.42 Å². The number of benzene rings is 3. The zero-order chi connectivity index (χ0) is 23.3. The summed E-state index contributed by atoms with van der Waals surface area (Å²) >= 11 is 0. The molecule has 166 valence electrons. The van der Waals surface area contributed by atoms with Gasteiger partial charge >= 0.3 is 0 Å². The highest BCUT2D eigenvalue weighted by Crippen LogP contribution is 2.49. The van der Waals surface area contributed by atoms with Gasteiger partial charge in [0.05, 0.1) is 10.4 Å². The van der Waals surface area contributed by atoms with Crippen molar-refractivity contribution in [1.29, 1.82) is 0 Å². The van der Waals surface area contributed by atoms with Crippen LogP contribution >= 0.6 is 0 Å². The minimum Gasteiger partial charge on any atom is -0.333 e. The van der Waals surface area contributed by atoms with Crippen LogP contribution in [0.4, 0.5) is 5.69 Å². The molecule has 0 radical (unpaired) electrons. The van der Waals surface area contributed by atoms with E-state index in [4.69, 9.17) is 5.14 Å². The Hall–Kier alpha value is -2.89. The van der Waals surface area contributed by atoms with Crippen molar-refractivity contribution in [3.63, 3.8) is 0 Å². The number of primary sulfonamides is 1. The maximum atomic E-state index is 11.8. The van der Waals surface area contributed by atoms with Crippen LogP contribution in [0.1, 0.15) is 46.7 Å². The molecule has 1 aliphatic rings. The molecular formula is C27H30N2O2S. The van der Waals surface area contributed by atoms with Crippen molar-refractivity contribution in [3.05, 3.63) is 106 Å². The summed E-state index contributed by atoms with van der Waals surface area (Å²) in [6.45, 7) is 10.7. The van der Waals surface area contributed by atoms with E-state index in [2.05, 4.69) is 82.1 Å². The van der Waals surface area contributed by atoms with Gasteiger partial charge in [-0.15, -0.1) is 0 Å². The number of nitrogens with two attached hydrogens (primary N) is 1. The van der Waals surface area contributed by atoms with Crippen molar-refractivity contribution < 1.29 is 8.42 Å². The number of hydrogen-bond acceptors (Lipinski definition) is 3. The van der Waals surface area contributed by atoms with E-state index < -0.39 is 15.6 Å². The summed E-state index contributed by atoms with van der Waals surface area (Å²) in [7, 11) is -3.74. The maximum absolute atomic E-state index is 11.8. The third-order valence-electron chi connectivity index (χ3n) is 6.71. The van der Waals surface area contributed by atoms with Gasteiger partial charge in [-0.05, 0) is 92.3 Å². The zero-order valence-corrected chi connectivity index (χ0v) is 20.1. The first-order valence-electron chi connectivity index (χ1n) is 10.8. The first kappa shape index (κ1) is 22.3. The van der Waals surface area contributed by atoms with Crippen LogP contribution in [0.2, 0.25) is 0 Å². The molecule has 0 spiro atoms. The molecular weight excluding hydrogens is 416 g/mol. The first-order chi connectivity index (χ1) is 15.0. The van der Waals surface area contributed by atoms with E-state index in [1.165, 1.54) is 39.0 Å². The normalized spacial score (nSPS) is 15.7. The molecule has 0 saturated carbocycles. The van der Waals surface area contributed by atoms with Crippen molar-refractivity contribution in [2.75, 3.05) is 4.90 Å². The van der Waals surface area contributed by atoms with Gasteiger partial charge in [-0.2, -0.15) is 0 Å². The second kappa shape index (κ2) is 7.91. The third-order valence-corrected chi connectivity index (χ3v) is 7.64. The molecule has 0 fully saturated rings. The van der Waals surface area contributed by atoms with Gasteiger partial charge in [0.25, 0.3) is 0 Å². The van der Waals surface area contributed by atoms with Gasteiger partial charge in [0.1, 0.15) is 0 Å². The Bertz CT molecular complexity index is 1270. The van der Waals surface area contributed by atoms with Gasteiger partial charge < -0.3 is 4.90 Å². The van der Waals surface area contributed by atoms with Crippen LogP contribution in [0.15, 0.2) is 77.3 Å². The van der Waals surface area contributed by atoms with Crippen LogP contribution in [0.5, 0.6) is 0 Å². The molecule has 2 N–H and O–H groups in total. The molecule has 5 heteroatoms. The van der Waals surface area contributed by atoms with Gasteiger partial charge in [-0.3, -0.25) is 0 Å². The fraction of sp³-hybridized carbons (Fsp3) is 0.259. The minimum absolute atomic E-state index is 0.115. The smallest absolute Gasteiger partial charge is 0.238 e. The molecule has 1 heterocycles. The quantitative estimate of drug-likeness (QED) is 0.565. The van der Waals surface area contributed by atoms with Crippen LogP contribution in [0.25, 0.3) is 0 Å². The van der Waals surface area contributed by atoms with Crippen molar-refractivity contribution >= 4 is 15.7 Å². The molecule has 3 aromatic rings. The number of rotatable bonds is 4. The summed E-state index contributed by atoms with van der Waals surface area (Å²) in [5.41, 5.74) is 9.21. The summed E-state index contributed by atoms with van der Waals surface area (Å²) in [5.74, 6) is 0. The van der Waals surface area contributed by atoms with E-state index in [-0.39, 0.29) is 4.90 Å². The Labute approximate surface area is 191 Å². The highest BCUT2D eigenvalue weighted by molar-refractivity contribution is 7.89. The Morgan fingerprint density at radius 3 is 1.69 bits per heavy atom. The summed E-state index contributed by atoms with van der Waals surface area (Å²) < 4.78 is 23.6. The second-order valence-corrected chi connectivity index (χ2v) is 10.6. The summed E-state index contributed by atoms with van der Waals surface area (Å²) in [5, 5.41) is 5.33. The number of anilines is 1. The Morgan fingerprint density at radius 1 is 0.750 bits per heavy atom. The molecule has 4 nitrogen and oxygen atoms in total. The van der Waals surface area contributed by atoms with Crippen molar-refractivity contribution in [1.82, 2.24) is 0 Å². The topological polar surface area (TPSA) is 63.4 Å². The molecule has 0 unspecified atom stereocenters. The second-order valence-electron chi connectivity index (χ2n) is 9.02. The Kier molecular flexibility index (Phi) is 5.51. The van der Waals surface area contributed by atoms with Gasteiger partial charge in [-0.1, -0.05) is 42.0 Å². The fourth-order valence-electron chi connectivity index (χ4n) is 4.60. The van der Waals surface area contributed by atoms with E-state index in [0.717, 1.165) is 12.1 Å². The Morgan fingerprint density at radius 2 is 1.25 bits per heavy atom. The summed E-state index contributed by atoms with van der Waals surface area (Å²) in [6.07, 6.45) is 3.02. The first-order valence-corrected chi connectivity index (χ1v) is 12.3. The number of nitrogens with zero attached hydrogens (tertiary/aromatic N) is 1. The van der Waals surface area contributed by atoms with Crippen LogP contribution in [-0.4, -0.2) is 8.42 Å². The fourth-order valence-corrected chi connectivity index (χ4v) is 5.12. The van der Waals surface area contributed by atoms with E-state index >= 15 is 0 Å². The number of hydrogen-bond donors (Lipinski definition) is 1. The lowest BCUT2D eigenvalue weighted by Crippen LogP contribution is -2.41. The average molecular weight is 447 g/mol. The molecule has 0 saturated heterocycles. The van der Waals surface area contributed by atoms with Crippen LogP contribution in [0.3, 0.4) is 0 Å². The molecule has 0 bridgehead atoms. The van der Waals surface area contributed by atoms with Crippen LogP contribution in [0, 0.1) is 27.7 Å². The van der Waals surface area contributed by atoms with Gasteiger partial charge in [0, 0.05) is 18.3 Å². The minimum atomic E-state index is -3.74. The molecule has 1 aliphatic heterocycles. The molecule has 0 aromatic heterocycles. The SMILES string of the molecule is CC1=CN(c2ccc(S(N)(=O)=O)cc2)C(c2ccc(C)c(C)c2)(c2ccc(C)c(C)c2)C1. The standard InChI is InChI=1S/C27H30N2O2S/c1-18-16-27(23-8-6-19(2)21(4)14-23,24-9-7-20(3)22(5)15-24)29(17-18)25-10-12-26(13-11-25)32(28,30)31/h6-15,17H,16H2,1-5H3,(H2,28,30,31). The molecule has 4 rings (SSSR count). The highest BCUT2D eigenvalue weighted by Gasteiger charge is 2.44. The van der Waals surface area contributed by atoms with Gasteiger partial charge in [-0.25, -0.2) is 13.6 Å². The predicted octanol–water partition coefficient (Wildman–Crippen LogP) is 5.63. The molecule has 0 atom stereocenters. The molecule has 0 aliphatic carbocycles. The Balaban J connectivity index is 1.97. The van der Waals surface area contributed by atoms with E-state index in [1.54, 1.807) is 12.1 Å². The van der Waals surface area contributed by atoms with Crippen LogP contribution < -0.4 is 10.0 Å². The van der Waals surface area contributed by atoms with Gasteiger partial charge in [0.2, 0.25) is 10.0 Å². The lowest BCUT2D eigenvalue weighted by molar-refractivity contribution is 0.545. The average Bonchev–Trinajstić information content (AvgIpc) is 3.09. The molecule has 32 heavy (non-hydrogen) atoms. The van der Waals surface area contributed by atoms with E-state index in [0.29, 0.717) is 0 Å². The van der Waals surface area contributed by atoms with Crippen molar-refractivity contribution in [3.8, 4) is 0 Å². The molecule has 3 aromatic carbocycles. The van der Waals surface area contributed by atoms with Crippen molar-refractivity contribution in [2.24, 2.45) is 5.14 Å². The molecule has 0 amide bonds. The van der Waals surface area contributed by atoms with Crippen molar-refractivity contribution in [2.45, 2.75) is 51.5 Å². The van der Waals surface area contributed by atoms with Crippen LogP contribution in [-0.2, 0) is 15.6 Å². The summed E-state index contributed by atoms with van der Waals surface area (Å²) in [4.78, 5) is 2.40. The maximum Gasteiger partial charge on any atom is 0.238 e. The highest BCUT2D eigenvalue weighted by atomic mass is 32.2. The zero-order valence-electron chi connectivity index (χ0n) is 19.3. The lowest BCUT2D eigenvalue weighted by atomic mass is 9.77. The largest absolute Gasteiger partial charge is 0.333 e. The van der Waals surface area contributed by atoms with Gasteiger partial charge in [0.15, 0.2) is 0 Å². The number of sulfonamides is 1.